The summed E-state index contributed by atoms with van der Waals surface area (Å²) in [5.41, 5.74) is 1.51. The Morgan fingerprint density at radius 2 is 2.00 bits per heavy atom. The van der Waals surface area contributed by atoms with Gasteiger partial charge in [-0.15, -0.1) is 10.2 Å². The van der Waals surface area contributed by atoms with E-state index >= 15 is 0 Å². The minimum Gasteiger partial charge on any atom is -0.496 e. The molecule has 0 atom stereocenters. The minimum atomic E-state index is -0.169. The summed E-state index contributed by atoms with van der Waals surface area (Å²) in [7, 11) is 1.59. The lowest BCUT2D eigenvalue weighted by atomic mass is 10.1. The molecule has 0 aliphatic heterocycles. The number of benzene rings is 1. The van der Waals surface area contributed by atoms with Crippen LogP contribution in [-0.4, -0.2) is 27.6 Å². The highest BCUT2D eigenvalue weighted by Crippen LogP contribution is 2.18. The molecule has 0 unspecified atom stereocenters. The number of nitrogens with zero attached hydrogens (tertiary/aromatic N) is 3. The van der Waals surface area contributed by atoms with Gasteiger partial charge in [-0.1, -0.05) is 24.3 Å². The van der Waals surface area contributed by atoms with E-state index in [1.165, 1.54) is 0 Å². The summed E-state index contributed by atoms with van der Waals surface area (Å²) >= 11 is 0. The SMILES string of the molecule is COc1ccccc1CC(=O)Nc1nnc2ccccn12. The van der Waals surface area contributed by atoms with Crippen LogP contribution in [-0.2, 0) is 11.2 Å². The van der Waals surface area contributed by atoms with Crippen molar-refractivity contribution in [2.75, 3.05) is 12.4 Å². The molecule has 0 aliphatic rings. The van der Waals surface area contributed by atoms with Gasteiger partial charge in [0.05, 0.1) is 13.5 Å². The first kappa shape index (κ1) is 13.1. The highest BCUT2D eigenvalue weighted by atomic mass is 16.5. The van der Waals surface area contributed by atoms with Crippen LogP contribution in [0.15, 0.2) is 48.7 Å². The Hall–Kier alpha value is -2.89. The first-order valence-corrected chi connectivity index (χ1v) is 6.49. The monoisotopic (exact) mass is 282 g/mol. The predicted molar refractivity (Wildman–Crippen MR) is 78.3 cm³/mol. The number of hydrogen-bond donors (Lipinski definition) is 1. The number of nitrogens with one attached hydrogen (secondary N) is 1. The molecule has 1 amide bonds. The van der Waals surface area contributed by atoms with Gasteiger partial charge in [0, 0.05) is 11.8 Å². The lowest BCUT2D eigenvalue weighted by Crippen LogP contribution is -2.16. The Kier molecular flexibility index (Phi) is 3.51. The zero-order valence-corrected chi connectivity index (χ0v) is 11.5. The van der Waals surface area contributed by atoms with Crippen molar-refractivity contribution in [3.05, 3.63) is 54.2 Å². The number of aromatic nitrogens is 3. The summed E-state index contributed by atoms with van der Waals surface area (Å²) in [4.78, 5) is 12.1. The molecule has 1 N–H and O–H groups in total. The van der Waals surface area contributed by atoms with Crippen LogP contribution in [0.5, 0.6) is 5.75 Å². The van der Waals surface area contributed by atoms with E-state index in [1.54, 1.807) is 17.7 Å². The molecule has 1 aromatic carbocycles. The molecule has 106 valence electrons. The zero-order valence-electron chi connectivity index (χ0n) is 11.5. The molecule has 2 aromatic heterocycles. The zero-order chi connectivity index (χ0) is 14.7. The molecule has 6 nitrogen and oxygen atoms in total. The number of anilines is 1. The van der Waals surface area contributed by atoms with Gasteiger partial charge in [0.1, 0.15) is 5.75 Å². The molecule has 2 heterocycles. The lowest BCUT2D eigenvalue weighted by Gasteiger charge is -2.07. The van der Waals surface area contributed by atoms with E-state index in [-0.39, 0.29) is 12.3 Å². The van der Waals surface area contributed by atoms with E-state index in [0.717, 1.165) is 5.56 Å². The van der Waals surface area contributed by atoms with Crippen LogP contribution in [0.4, 0.5) is 5.95 Å². The predicted octanol–water partition coefficient (Wildman–Crippen LogP) is 1.92. The number of amides is 1. The largest absolute Gasteiger partial charge is 0.496 e. The second-order valence-electron chi connectivity index (χ2n) is 4.49. The van der Waals surface area contributed by atoms with Gasteiger partial charge in [0.15, 0.2) is 5.65 Å². The summed E-state index contributed by atoms with van der Waals surface area (Å²) < 4.78 is 6.96. The van der Waals surface area contributed by atoms with Gasteiger partial charge in [0.2, 0.25) is 11.9 Å². The second kappa shape index (κ2) is 5.62. The minimum absolute atomic E-state index is 0.169. The number of fused-ring (bicyclic) bond motifs is 1. The number of carbonyl (C=O) groups is 1. The molecule has 6 heteroatoms. The molecule has 0 aliphatic carbocycles. The van der Waals surface area contributed by atoms with Gasteiger partial charge in [-0.2, -0.15) is 0 Å². The van der Waals surface area contributed by atoms with Crippen molar-refractivity contribution in [1.82, 2.24) is 14.6 Å². The lowest BCUT2D eigenvalue weighted by molar-refractivity contribution is -0.115. The maximum absolute atomic E-state index is 12.1. The van der Waals surface area contributed by atoms with Gasteiger partial charge in [0.25, 0.3) is 0 Å². The van der Waals surface area contributed by atoms with Crippen LogP contribution in [0.2, 0.25) is 0 Å². The average molecular weight is 282 g/mol. The molecule has 0 fully saturated rings. The van der Waals surface area contributed by atoms with Gasteiger partial charge >= 0.3 is 0 Å². The Balaban J connectivity index is 1.77. The molecule has 3 rings (SSSR count). The molecular weight excluding hydrogens is 268 g/mol. The van der Waals surface area contributed by atoms with Crippen molar-refractivity contribution in [2.24, 2.45) is 0 Å². The standard InChI is InChI=1S/C15H14N4O2/c1-21-12-7-3-2-6-11(12)10-14(20)16-15-18-17-13-8-4-5-9-19(13)15/h2-9H,10H2,1H3,(H,16,18,20). The summed E-state index contributed by atoms with van der Waals surface area (Å²) in [5.74, 6) is 0.932. The first-order valence-electron chi connectivity index (χ1n) is 6.49. The Morgan fingerprint density at radius 3 is 2.86 bits per heavy atom. The van der Waals surface area contributed by atoms with Crippen molar-refractivity contribution in [1.29, 1.82) is 0 Å². The molecule has 0 radical (unpaired) electrons. The number of rotatable bonds is 4. The summed E-state index contributed by atoms with van der Waals surface area (Å²) in [6.07, 6.45) is 2.01. The van der Waals surface area contributed by atoms with Gasteiger partial charge in [-0.25, -0.2) is 0 Å². The third-order valence-corrected chi connectivity index (χ3v) is 3.11. The third kappa shape index (κ3) is 2.69. The van der Waals surface area contributed by atoms with Crippen molar-refractivity contribution in [2.45, 2.75) is 6.42 Å². The Bertz CT molecular complexity index is 782. The van der Waals surface area contributed by atoms with Crippen LogP contribution in [0.25, 0.3) is 5.65 Å². The van der Waals surface area contributed by atoms with Crippen molar-refractivity contribution in [3.8, 4) is 5.75 Å². The van der Waals surface area contributed by atoms with Gasteiger partial charge in [-0.3, -0.25) is 14.5 Å². The Morgan fingerprint density at radius 1 is 1.19 bits per heavy atom. The van der Waals surface area contributed by atoms with Gasteiger partial charge in [-0.05, 0) is 18.2 Å². The average Bonchev–Trinajstić information content (AvgIpc) is 2.91. The first-order chi connectivity index (χ1) is 10.3. The fourth-order valence-electron chi connectivity index (χ4n) is 2.12. The Labute approximate surface area is 121 Å². The van der Waals surface area contributed by atoms with Crippen molar-refractivity contribution >= 4 is 17.5 Å². The fraction of sp³-hybridized carbons (Fsp3) is 0.133. The van der Waals surface area contributed by atoms with E-state index in [9.17, 15) is 4.79 Å². The normalized spacial score (nSPS) is 10.5. The number of methoxy groups -OCH3 is 1. The third-order valence-electron chi connectivity index (χ3n) is 3.11. The van der Waals surface area contributed by atoms with Crippen LogP contribution in [0, 0.1) is 0 Å². The summed E-state index contributed by atoms with van der Waals surface area (Å²) in [5, 5.41) is 10.7. The van der Waals surface area contributed by atoms with E-state index < -0.39 is 0 Å². The quantitative estimate of drug-likeness (QED) is 0.793. The molecule has 21 heavy (non-hydrogen) atoms. The van der Waals surface area contributed by atoms with Crippen molar-refractivity contribution < 1.29 is 9.53 Å². The number of hydrogen-bond acceptors (Lipinski definition) is 4. The van der Waals surface area contributed by atoms with Crippen LogP contribution < -0.4 is 10.1 Å². The van der Waals surface area contributed by atoms with Gasteiger partial charge < -0.3 is 4.74 Å². The molecule has 0 saturated heterocycles. The van der Waals surface area contributed by atoms with E-state index in [0.29, 0.717) is 17.3 Å². The van der Waals surface area contributed by atoms with Crippen molar-refractivity contribution in [3.63, 3.8) is 0 Å². The van der Waals surface area contributed by atoms with Crippen LogP contribution in [0.1, 0.15) is 5.56 Å². The maximum Gasteiger partial charge on any atom is 0.235 e. The smallest absolute Gasteiger partial charge is 0.235 e. The van der Waals surface area contributed by atoms with E-state index in [1.807, 2.05) is 42.5 Å². The highest BCUT2D eigenvalue weighted by Gasteiger charge is 2.11. The van der Waals surface area contributed by atoms with Crippen LogP contribution in [0.3, 0.4) is 0 Å². The molecule has 0 saturated carbocycles. The fourth-order valence-corrected chi connectivity index (χ4v) is 2.12. The topological polar surface area (TPSA) is 68.5 Å². The molecule has 0 spiro atoms. The van der Waals surface area contributed by atoms with E-state index in [4.69, 9.17) is 4.74 Å². The molecular formula is C15H14N4O2. The number of pyridine rings is 1. The highest BCUT2D eigenvalue weighted by molar-refractivity contribution is 5.91. The second-order valence-corrected chi connectivity index (χ2v) is 4.49. The number of carbonyl (C=O) groups excluding carboxylic acids is 1. The summed E-state index contributed by atoms with van der Waals surface area (Å²) in [6, 6.07) is 13.0. The maximum atomic E-state index is 12.1. The number of para-hydroxylation sites is 1. The van der Waals surface area contributed by atoms with Crippen LogP contribution >= 0.6 is 0 Å². The molecule has 0 bridgehead atoms. The summed E-state index contributed by atoms with van der Waals surface area (Å²) in [6.45, 7) is 0. The molecule has 3 aromatic rings. The number of ether oxygens (including phenoxy) is 1. The van der Waals surface area contributed by atoms with E-state index in [2.05, 4.69) is 15.5 Å².